The predicted octanol–water partition coefficient (Wildman–Crippen LogP) is 4.34. The van der Waals surface area contributed by atoms with Crippen LogP contribution in [0.15, 0.2) is 36.4 Å². The quantitative estimate of drug-likeness (QED) is 0.777. The molecule has 0 aliphatic heterocycles. The highest BCUT2D eigenvalue weighted by molar-refractivity contribution is 5.86. The van der Waals surface area contributed by atoms with Crippen molar-refractivity contribution >= 4 is 10.8 Å². The van der Waals surface area contributed by atoms with Gasteiger partial charge in [-0.1, -0.05) is 24.3 Å². The van der Waals surface area contributed by atoms with Crippen LogP contribution < -0.4 is 9.47 Å². The third-order valence-electron chi connectivity index (χ3n) is 2.25. The maximum Gasteiger partial charge on any atom is 0.573 e. The fraction of sp³-hybridized carbons (Fsp3) is 0.167. The first kappa shape index (κ1) is 13.4. The summed E-state index contributed by atoms with van der Waals surface area (Å²) in [7, 11) is 0. The van der Waals surface area contributed by atoms with E-state index in [2.05, 4.69) is 9.47 Å². The number of rotatable bonds is 3. The van der Waals surface area contributed by atoms with E-state index in [1.807, 2.05) is 0 Å². The first-order chi connectivity index (χ1) is 8.85. The lowest BCUT2D eigenvalue weighted by Crippen LogP contribution is -2.18. The molecule has 7 heteroatoms. The highest BCUT2D eigenvalue weighted by Crippen LogP contribution is 2.36. The molecule has 102 valence electrons. The molecule has 0 N–H and O–H groups in total. The summed E-state index contributed by atoms with van der Waals surface area (Å²) in [6, 6.07) is 8.39. The molecule has 0 unspecified atom stereocenters. The number of hydrogen-bond acceptors (Lipinski definition) is 2. The van der Waals surface area contributed by atoms with Gasteiger partial charge in [0.2, 0.25) is 0 Å². The number of halogens is 5. The van der Waals surface area contributed by atoms with Gasteiger partial charge in [0.15, 0.2) is 11.5 Å². The summed E-state index contributed by atoms with van der Waals surface area (Å²) in [5, 5.41) is 0.885. The summed E-state index contributed by atoms with van der Waals surface area (Å²) in [4.78, 5) is 0. The van der Waals surface area contributed by atoms with Crippen LogP contribution in [0.25, 0.3) is 10.8 Å². The van der Waals surface area contributed by atoms with Gasteiger partial charge < -0.3 is 9.47 Å². The van der Waals surface area contributed by atoms with Gasteiger partial charge in [0.05, 0.1) is 0 Å². The van der Waals surface area contributed by atoms with Crippen LogP contribution in [0.2, 0.25) is 0 Å². The molecule has 0 aliphatic rings. The Balaban J connectivity index is 2.50. The molecule has 0 aromatic heterocycles. The van der Waals surface area contributed by atoms with Gasteiger partial charge in [-0.15, -0.1) is 13.2 Å². The molecule has 2 nitrogen and oxygen atoms in total. The Bertz CT molecular complexity index is 580. The summed E-state index contributed by atoms with van der Waals surface area (Å²) in [6.07, 6.45) is -4.98. The fourth-order valence-electron chi connectivity index (χ4n) is 1.59. The second-order valence-electron chi connectivity index (χ2n) is 3.57. The van der Waals surface area contributed by atoms with Crippen LogP contribution in [0, 0.1) is 0 Å². The third-order valence-corrected chi connectivity index (χ3v) is 2.25. The first-order valence-corrected chi connectivity index (χ1v) is 5.08. The van der Waals surface area contributed by atoms with E-state index in [4.69, 9.17) is 0 Å². The van der Waals surface area contributed by atoms with Crippen LogP contribution >= 0.6 is 0 Å². The van der Waals surface area contributed by atoms with Gasteiger partial charge in [-0.2, -0.15) is 8.78 Å². The van der Waals surface area contributed by atoms with E-state index in [0.29, 0.717) is 10.8 Å². The van der Waals surface area contributed by atoms with Crippen molar-refractivity contribution in [2.45, 2.75) is 13.0 Å². The topological polar surface area (TPSA) is 18.5 Å². The van der Waals surface area contributed by atoms with Crippen molar-refractivity contribution < 1.29 is 31.4 Å². The zero-order valence-electron chi connectivity index (χ0n) is 9.25. The largest absolute Gasteiger partial charge is 0.573 e. The van der Waals surface area contributed by atoms with E-state index >= 15 is 0 Å². The number of fused-ring (bicyclic) bond motifs is 1. The van der Waals surface area contributed by atoms with E-state index in [1.165, 1.54) is 6.07 Å². The first-order valence-electron chi connectivity index (χ1n) is 5.08. The third kappa shape index (κ3) is 3.46. The lowest BCUT2D eigenvalue weighted by atomic mass is 10.1. The van der Waals surface area contributed by atoms with Crippen molar-refractivity contribution in [3.8, 4) is 11.5 Å². The normalized spacial score (nSPS) is 11.9. The molecule has 2 aromatic carbocycles. The molecular formula is C12H7F5O2. The van der Waals surface area contributed by atoms with Crippen molar-refractivity contribution in [3.63, 3.8) is 0 Å². The number of ether oxygens (including phenoxy) is 2. The Morgan fingerprint density at radius 3 is 1.89 bits per heavy atom. The van der Waals surface area contributed by atoms with Gasteiger partial charge in [0.25, 0.3) is 0 Å². The van der Waals surface area contributed by atoms with E-state index in [0.717, 1.165) is 12.1 Å². The Morgan fingerprint density at radius 1 is 0.895 bits per heavy atom. The van der Waals surface area contributed by atoms with Crippen LogP contribution in [0.1, 0.15) is 0 Å². The van der Waals surface area contributed by atoms with Gasteiger partial charge in [0, 0.05) is 0 Å². The highest BCUT2D eigenvalue weighted by Gasteiger charge is 2.33. The maximum absolute atomic E-state index is 12.2. The van der Waals surface area contributed by atoms with Gasteiger partial charge in [-0.25, -0.2) is 0 Å². The minimum atomic E-state index is -4.98. The molecule has 0 radical (unpaired) electrons. The van der Waals surface area contributed by atoms with Crippen LogP contribution in [0.5, 0.6) is 11.5 Å². The van der Waals surface area contributed by atoms with E-state index in [1.54, 1.807) is 18.2 Å². The molecular weight excluding hydrogens is 271 g/mol. The maximum atomic E-state index is 12.2. The second kappa shape index (κ2) is 4.91. The molecule has 0 amide bonds. The molecule has 0 saturated heterocycles. The molecule has 19 heavy (non-hydrogen) atoms. The Labute approximate surface area is 104 Å². The Hall–Kier alpha value is -2.05. The average Bonchev–Trinajstić information content (AvgIpc) is 2.27. The summed E-state index contributed by atoms with van der Waals surface area (Å²) >= 11 is 0. The Morgan fingerprint density at radius 2 is 1.42 bits per heavy atom. The molecule has 2 rings (SSSR count). The van der Waals surface area contributed by atoms with Gasteiger partial charge in [-0.3, -0.25) is 0 Å². The van der Waals surface area contributed by atoms with Crippen LogP contribution in [-0.2, 0) is 0 Å². The summed E-state index contributed by atoms with van der Waals surface area (Å²) < 4.78 is 68.7. The van der Waals surface area contributed by atoms with Crippen molar-refractivity contribution in [1.82, 2.24) is 0 Å². The lowest BCUT2D eigenvalue weighted by Gasteiger charge is -2.14. The van der Waals surface area contributed by atoms with Gasteiger partial charge in [0.1, 0.15) is 0 Å². The summed E-state index contributed by atoms with van der Waals surface area (Å²) in [6.45, 7) is -3.24. The predicted molar refractivity (Wildman–Crippen MR) is 57.3 cm³/mol. The molecule has 2 aromatic rings. The van der Waals surface area contributed by atoms with E-state index in [9.17, 15) is 22.0 Å². The molecule has 0 spiro atoms. The fourth-order valence-corrected chi connectivity index (χ4v) is 1.59. The second-order valence-corrected chi connectivity index (χ2v) is 3.57. The molecule has 0 heterocycles. The van der Waals surface area contributed by atoms with E-state index in [-0.39, 0.29) is 0 Å². The van der Waals surface area contributed by atoms with Crippen molar-refractivity contribution in [2.24, 2.45) is 0 Å². The standard InChI is InChI=1S/C12H7F5O2/c13-11(14)18-9-5-7-3-1-2-4-8(7)6-10(9)19-12(15,16)17/h1-6,11H. The highest BCUT2D eigenvalue weighted by atomic mass is 19.4. The van der Waals surface area contributed by atoms with Crippen molar-refractivity contribution in [1.29, 1.82) is 0 Å². The van der Waals surface area contributed by atoms with E-state index < -0.39 is 24.5 Å². The molecule has 0 aliphatic carbocycles. The number of benzene rings is 2. The summed E-state index contributed by atoms with van der Waals surface area (Å²) in [5.74, 6) is -1.46. The minimum absolute atomic E-state index is 0.420. The van der Waals surface area contributed by atoms with Crippen molar-refractivity contribution in [2.75, 3.05) is 0 Å². The zero-order chi connectivity index (χ0) is 14.0. The number of hydrogen-bond donors (Lipinski definition) is 0. The zero-order valence-corrected chi connectivity index (χ0v) is 9.25. The van der Waals surface area contributed by atoms with Crippen molar-refractivity contribution in [3.05, 3.63) is 36.4 Å². The molecule has 0 saturated carbocycles. The van der Waals surface area contributed by atoms with Gasteiger partial charge in [-0.05, 0) is 22.9 Å². The molecule has 0 bridgehead atoms. The average molecular weight is 278 g/mol. The monoisotopic (exact) mass is 278 g/mol. The Kier molecular flexibility index (Phi) is 3.46. The minimum Gasteiger partial charge on any atom is -0.431 e. The number of alkyl halides is 5. The van der Waals surface area contributed by atoms with Crippen LogP contribution in [0.3, 0.4) is 0 Å². The molecule has 0 fully saturated rings. The summed E-state index contributed by atoms with van der Waals surface area (Å²) in [5.41, 5.74) is 0. The van der Waals surface area contributed by atoms with Crippen LogP contribution in [-0.4, -0.2) is 13.0 Å². The van der Waals surface area contributed by atoms with Gasteiger partial charge >= 0.3 is 13.0 Å². The molecule has 0 atom stereocenters. The van der Waals surface area contributed by atoms with Crippen LogP contribution in [0.4, 0.5) is 22.0 Å². The smallest absolute Gasteiger partial charge is 0.431 e. The lowest BCUT2D eigenvalue weighted by molar-refractivity contribution is -0.275. The SMILES string of the molecule is FC(F)Oc1cc2ccccc2cc1OC(F)(F)F.